The molecule has 0 saturated carbocycles. The fourth-order valence-electron chi connectivity index (χ4n) is 1.76. The molecule has 110 valence electrons. The number of phosphoric ester groups is 1. The Morgan fingerprint density at radius 1 is 0.947 bits per heavy atom. The van der Waals surface area contributed by atoms with Crippen LogP contribution in [0.25, 0.3) is 0 Å². The van der Waals surface area contributed by atoms with Crippen molar-refractivity contribution in [2.24, 2.45) is 0 Å². The molecule has 5 nitrogen and oxygen atoms in total. The summed E-state index contributed by atoms with van der Waals surface area (Å²) in [7, 11) is -4.65. The Hall–Kier alpha value is 1.26. The molecule has 0 radical (unpaired) electrons. The van der Waals surface area contributed by atoms with Crippen molar-refractivity contribution in [1.82, 2.24) is 0 Å². The zero-order valence-corrected chi connectivity index (χ0v) is 12.0. The molecular weight excluding hydrogens is 294 g/mol. The molecule has 0 spiro atoms. The molecule has 0 atom stereocenters. The van der Waals surface area contributed by atoms with Crippen molar-refractivity contribution in [3.8, 4) is 0 Å². The molecule has 0 amide bonds. The number of carbonyl (C=O) groups is 1. The first kappa shape index (κ1) is 22.5. The third-order valence-corrected chi connectivity index (χ3v) is 3.15. The van der Waals surface area contributed by atoms with Gasteiger partial charge in [0.05, 0.1) is 0 Å². The molecule has 0 heterocycles. The first-order valence-electron chi connectivity index (χ1n) is 6.73. The van der Waals surface area contributed by atoms with E-state index >= 15 is 0 Å². The summed E-state index contributed by atoms with van der Waals surface area (Å²) in [6.45, 7) is 2.19. The van der Waals surface area contributed by atoms with E-state index in [1.165, 1.54) is 32.1 Å². The van der Waals surface area contributed by atoms with Gasteiger partial charge in [-0.15, -0.1) is 0 Å². The predicted molar refractivity (Wildman–Crippen MR) is 77.1 cm³/mol. The minimum absolute atomic E-state index is 0. The van der Waals surface area contributed by atoms with E-state index < -0.39 is 13.8 Å². The number of unbranched alkanes of at least 4 members (excludes halogenated alkanes) is 8. The van der Waals surface area contributed by atoms with Crippen LogP contribution in [0.1, 0.15) is 71.1 Å². The van der Waals surface area contributed by atoms with Gasteiger partial charge in [-0.3, -0.25) is 14.6 Å². The zero-order valence-electron chi connectivity index (χ0n) is 11.1. The van der Waals surface area contributed by atoms with E-state index in [-0.39, 0.29) is 57.8 Å². The molecule has 0 aliphatic heterocycles. The molecule has 0 aliphatic rings. The summed E-state index contributed by atoms with van der Waals surface area (Å²) in [6.07, 6.45) is 10.2. The van der Waals surface area contributed by atoms with E-state index in [2.05, 4.69) is 11.4 Å². The second-order valence-corrected chi connectivity index (χ2v) is 5.70. The molecule has 0 aromatic rings. The quantitative estimate of drug-likeness (QED) is 0.347. The van der Waals surface area contributed by atoms with E-state index in [1.54, 1.807) is 0 Å². The van der Waals surface area contributed by atoms with Crippen molar-refractivity contribution < 1.29 is 23.7 Å². The van der Waals surface area contributed by atoms with Gasteiger partial charge in [-0.2, -0.15) is 0 Å². The Labute approximate surface area is 158 Å². The van der Waals surface area contributed by atoms with E-state index in [9.17, 15) is 9.36 Å². The fourth-order valence-corrected chi connectivity index (χ4v) is 2.11. The number of hydrogen-bond acceptors (Lipinski definition) is 3. The molecular formula is C12H26KO5P. The minimum atomic E-state index is -4.65. The maximum absolute atomic E-state index is 11.0. The Balaban J connectivity index is 0. The Morgan fingerprint density at radius 2 is 1.37 bits per heavy atom. The molecule has 19 heavy (non-hydrogen) atoms. The van der Waals surface area contributed by atoms with Crippen molar-refractivity contribution in [2.75, 3.05) is 0 Å². The van der Waals surface area contributed by atoms with Gasteiger partial charge in [-0.25, -0.2) is 4.57 Å². The Kier molecular flexibility index (Phi) is 16.8. The van der Waals surface area contributed by atoms with Gasteiger partial charge in [0, 0.05) is 6.42 Å². The first-order chi connectivity index (χ1) is 8.45. The van der Waals surface area contributed by atoms with Gasteiger partial charge in [0.2, 0.25) is 0 Å². The molecule has 0 bridgehead atoms. The van der Waals surface area contributed by atoms with Crippen LogP contribution < -0.4 is 0 Å². The third-order valence-electron chi connectivity index (χ3n) is 2.71. The third kappa shape index (κ3) is 19.3. The molecule has 0 unspecified atom stereocenters. The zero-order chi connectivity index (χ0) is 13.9. The van der Waals surface area contributed by atoms with E-state index in [0.717, 1.165) is 19.3 Å². The average Bonchev–Trinajstić information content (AvgIpc) is 2.24. The van der Waals surface area contributed by atoms with Crippen LogP contribution in [0.2, 0.25) is 0 Å². The van der Waals surface area contributed by atoms with Crippen LogP contribution >= 0.6 is 7.82 Å². The predicted octanol–water partition coefficient (Wildman–Crippen LogP) is 2.89. The topological polar surface area (TPSA) is 83.8 Å². The van der Waals surface area contributed by atoms with Crippen LogP contribution in [0.5, 0.6) is 0 Å². The van der Waals surface area contributed by atoms with Crippen LogP contribution in [0.3, 0.4) is 0 Å². The van der Waals surface area contributed by atoms with Crippen molar-refractivity contribution in [1.29, 1.82) is 0 Å². The number of phosphoric acid groups is 1. The van der Waals surface area contributed by atoms with Gasteiger partial charge in [0.1, 0.15) is 0 Å². The van der Waals surface area contributed by atoms with Gasteiger partial charge in [-0.05, 0) is 6.42 Å². The van der Waals surface area contributed by atoms with Gasteiger partial charge in [0.15, 0.2) is 0 Å². The SMILES string of the molecule is CCCCCCCCCCCC(=O)OP(=O)(O)O.[KH]. The second kappa shape index (κ2) is 14.2. The molecule has 7 heteroatoms. The van der Waals surface area contributed by atoms with Crippen LogP contribution in [0.15, 0.2) is 0 Å². The van der Waals surface area contributed by atoms with Crippen LogP contribution in [-0.2, 0) is 13.9 Å². The van der Waals surface area contributed by atoms with Crippen molar-refractivity contribution in [3.63, 3.8) is 0 Å². The summed E-state index contributed by atoms with van der Waals surface area (Å²) in [5.41, 5.74) is 0. The molecule has 2 N–H and O–H groups in total. The monoisotopic (exact) mass is 320 g/mol. The van der Waals surface area contributed by atoms with E-state index in [1.807, 2.05) is 0 Å². The van der Waals surface area contributed by atoms with Crippen molar-refractivity contribution >= 4 is 65.2 Å². The van der Waals surface area contributed by atoms with Crippen LogP contribution in [0.4, 0.5) is 0 Å². The maximum atomic E-state index is 11.0. The first-order valence-corrected chi connectivity index (χ1v) is 8.26. The van der Waals surface area contributed by atoms with Crippen LogP contribution in [0, 0.1) is 0 Å². The molecule has 0 aromatic heterocycles. The van der Waals surface area contributed by atoms with Gasteiger partial charge in [0.25, 0.3) is 0 Å². The summed E-state index contributed by atoms with van der Waals surface area (Å²) in [4.78, 5) is 27.8. The van der Waals surface area contributed by atoms with Gasteiger partial charge < -0.3 is 4.52 Å². The summed E-state index contributed by atoms with van der Waals surface area (Å²) in [5.74, 6) is -0.814. The second-order valence-electron chi connectivity index (χ2n) is 4.53. The summed E-state index contributed by atoms with van der Waals surface area (Å²) >= 11 is 0. The summed E-state index contributed by atoms with van der Waals surface area (Å²) in [5, 5.41) is 0. The number of rotatable bonds is 11. The van der Waals surface area contributed by atoms with Crippen LogP contribution in [-0.4, -0.2) is 67.1 Å². The molecule has 0 aliphatic carbocycles. The van der Waals surface area contributed by atoms with Crippen molar-refractivity contribution in [3.05, 3.63) is 0 Å². The van der Waals surface area contributed by atoms with Gasteiger partial charge in [-0.1, -0.05) is 58.3 Å². The molecule has 0 rings (SSSR count). The summed E-state index contributed by atoms with van der Waals surface area (Å²) in [6, 6.07) is 0. The van der Waals surface area contributed by atoms with Gasteiger partial charge >= 0.3 is 65.2 Å². The molecule has 0 fully saturated rings. The normalized spacial score (nSPS) is 10.9. The molecule has 0 saturated heterocycles. The van der Waals surface area contributed by atoms with E-state index in [4.69, 9.17) is 9.79 Å². The Bertz CT molecular complexity index is 267. The summed E-state index contributed by atoms with van der Waals surface area (Å²) < 4.78 is 14.3. The number of hydrogen-bond donors (Lipinski definition) is 2. The number of carbonyl (C=O) groups excluding carboxylic acids is 1. The van der Waals surface area contributed by atoms with E-state index in [0.29, 0.717) is 6.42 Å². The van der Waals surface area contributed by atoms with Crippen molar-refractivity contribution in [2.45, 2.75) is 71.1 Å². The average molecular weight is 320 g/mol. The fraction of sp³-hybridized carbons (Fsp3) is 0.917. The Morgan fingerprint density at radius 3 is 1.79 bits per heavy atom. The molecule has 0 aromatic carbocycles. The standard InChI is InChI=1S/C12H25O5P.K.H/c1-2-3-4-5-6-7-8-9-10-11-12(13)17-18(14,15)16;;/h2-11H2,1H3,(H2,14,15,16);;.